The zero-order chi connectivity index (χ0) is 22.8. The highest BCUT2D eigenvalue weighted by atomic mass is 16.5. The van der Waals surface area contributed by atoms with Gasteiger partial charge >= 0.3 is 0 Å². The first-order chi connectivity index (χ1) is 16.1. The molecule has 33 heavy (non-hydrogen) atoms. The van der Waals surface area contributed by atoms with E-state index in [-0.39, 0.29) is 17.7 Å². The van der Waals surface area contributed by atoms with Gasteiger partial charge in [0.15, 0.2) is 11.5 Å². The maximum Gasteiger partial charge on any atom is 0.240 e. The average molecular weight is 443 g/mol. The number of hydrogen-bond donors (Lipinski definition) is 1. The number of ether oxygens (including phenoxy) is 1. The van der Waals surface area contributed by atoms with Crippen LogP contribution in [0.5, 0.6) is 11.5 Å². The minimum absolute atomic E-state index is 0.143. The number of nitrogens with zero attached hydrogens (tertiary/aromatic N) is 2. The lowest BCUT2D eigenvalue weighted by Crippen LogP contribution is -2.52. The van der Waals surface area contributed by atoms with Crippen LogP contribution in [0.3, 0.4) is 0 Å². The average Bonchev–Trinajstić information content (AvgIpc) is 2.85. The standard InChI is InChI=1S/C28H30N2O3/c1-2-33-27-15-20(11-12-26(27)31)17-30-19-24-10-6-4-8-22(24)16-25(30)28(32)29-14-13-21-7-3-5-9-23(21)18-29/h3-12,15,25,31H,2,13-14,16-19H2,1H3/t25-/m1/s1. The lowest BCUT2D eigenvalue weighted by molar-refractivity contribution is -0.139. The van der Waals surface area contributed by atoms with Crippen molar-refractivity contribution in [3.63, 3.8) is 0 Å². The topological polar surface area (TPSA) is 53.0 Å². The molecule has 170 valence electrons. The number of carbonyl (C=O) groups excluding carboxylic acids is 1. The molecule has 0 bridgehead atoms. The van der Waals surface area contributed by atoms with Gasteiger partial charge in [0, 0.05) is 26.2 Å². The fourth-order valence-electron chi connectivity index (χ4n) is 5.04. The molecular weight excluding hydrogens is 412 g/mol. The first-order valence-electron chi connectivity index (χ1n) is 11.7. The van der Waals surface area contributed by atoms with E-state index in [1.165, 1.54) is 22.3 Å². The predicted molar refractivity (Wildman–Crippen MR) is 128 cm³/mol. The third kappa shape index (κ3) is 4.46. The van der Waals surface area contributed by atoms with Crippen molar-refractivity contribution in [1.29, 1.82) is 0 Å². The van der Waals surface area contributed by atoms with E-state index in [1.807, 2.05) is 24.0 Å². The molecule has 3 aromatic carbocycles. The SMILES string of the molecule is CCOc1cc(CN2Cc3ccccc3C[C@@H]2C(=O)N2CCc3ccccc3C2)ccc1O. The van der Waals surface area contributed by atoms with Crippen LogP contribution in [0.1, 0.15) is 34.7 Å². The molecule has 5 rings (SSSR count). The highest BCUT2D eigenvalue weighted by Gasteiger charge is 2.35. The fourth-order valence-corrected chi connectivity index (χ4v) is 5.04. The van der Waals surface area contributed by atoms with Crippen LogP contribution in [0.2, 0.25) is 0 Å². The Bertz CT molecular complexity index is 1160. The zero-order valence-corrected chi connectivity index (χ0v) is 19.0. The van der Waals surface area contributed by atoms with Crippen LogP contribution in [-0.2, 0) is 37.3 Å². The number of fused-ring (bicyclic) bond motifs is 2. The molecule has 0 spiro atoms. The molecule has 1 amide bonds. The largest absolute Gasteiger partial charge is 0.504 e. The number of amides is 1. The van der Waals surface area contributed by atoms with Crippen molar-refractivity contribution in [1.82, 2.24) is 9.80 Å². The van der Waals surface area contributed by atoms with Gasteiger partial charge in [0.2, 0.25) is 5.91 Å². The van der Waals surface area contributed by atoms with Crippen LogP contribution in [-0.4, -0.2) is 40.0 Å². The molecule has 0 fully saturated rings. The van der Waals surface area contributed by atoms with E-state index in [1.54, 1.807) is 6.07 Å². The third-order valence-electron chi connectivity index (χ3n) is 6.78. The van der Waals surface area contributed by atoms with Crippen molar-refractivity contribution >= 4 is 5.91 Å². The van der Waals surface area contributed by atoms with Crippen molar-refractivity contribution in [3.8, 4) is 11.5 Å². The molecule has 5 nitrogen and oxygen atoms in total. The Morgan fingerprint density at radius 2 is 1.67 bits per heavy atom. The summed E-state index contributed by atoms with van der Waals surface area (Å²) in [6, 6.07) is 22.1. The van der Waals surface area contributed by atoms with Gasteiger partial charge in [0.05, 0.1) is 12.6 Å². The van der Waals surface area contributed by atoms with Crippen LogP contribution in [0.4, 0.5) is 0 Å². The van der Waals surface area contributed by atoms with Crippen LogP contribution in [0.15, 0.2) is 66.7 Å². The summed E-state index contributed by atoms with van der Waals surface area (Å²) < 4.78 is 5.58. The molecule has 0 aromatic heterocycles. The smallest absolute Gasteiger partial charge is 0.240 e. The second-order valence-corrected chi connectivity index (χ2v) is 8.91. The normalized spacial score (nSPS) is 17.8. The van der Waals surface area contributed by atoms with Gasteiger partial charge in [-0.3, -0.25) is 9.69 Å². The molecule has 0 unspecified atom stereocenters. The number of phenols is 1. The summed E-state index contributed by atoms with van der Waals surface area (Å²) in [5.41, 5.74) is 6.15. The Morgan fingerprint density at radius 3 is 2.42 bits per heavy atom. The molecular formula is C28H30N2O3. The molecule has 2 aliphatic rings. The molecule has 5 heteroatoms. The molecule has 0 saturated heterocycles. The van der Waals surface area contributed by atoms with Gasteiger partial charge in [0.1, 0.15) is 0 Å². The number of hydrogen-bond acceptors (Lipinski definition) is 4. The minimum atomic E-state index is -0.213. The summed E-state index contributed by atoms with van der Waals surface area (Å²) in [6.07, 6.45) is 1.62. The van der Waals surface area contributed by atoms with Crippen LogP contribution in [0, 0.1) is 0 Å². The van der Waals surface area contributed by atoms with Gasteiger partial charge in [0.25, 0.3) is 0 Å². The van der Waals surface area contributed by atoms with E-state index in [2.05, 4.69) is 53.4 Å². The van der Waals surface area contributed by atoms with Crippen molar-refractivity contribution in [2.45, 2.75) is 45.4 Å². The van der Waals surface area contributed by atoms with E-state index in [0.717, 1.165) is 25.1 Å². The Labute approximate surface area is 195 Å². The van der Waals surface area contributed by atoms with E-state index in [4.69, 9.17) is 4.74 Å². The first-order valence-corrected chi connectivity index (χ1v) is 11.7. The molecule has 2 heterocycles. The van der Waals surface area contributed by atoms with Gasteiger partial charge in [-0.05, 0) is 59.7 Å². The summed E-state index contributed by atoms with van der Waals surface area (Å²) in [7, 11) is 0. The minimum Gasteiger partial charge on any atom is -0.504 e. The number of carbonyl (C=O) groups is 1. The third-order valence-corrected chi connectivity index (χ3v) is 6.78. The quantitative estimate of drug-likeness (QED) is 0.640. The van der Waals surface area contributed by atoms with Crippen molar-refractivity contribution in [2.24, 2.45) is 0 Å². The van der Waals surface area contributed by atoms with Crippen molar-refractivity contribution < 1.29 is 14.6 Å². The van der Waals surface area contributed by atoms with E-state index >= 15 is 0 Å². The molecule has 0 saturated carbocycles. The van der Waals surface area contributed by atoms with Crippen molar-refractivity contribution in [3.05, 3.63) is 94.5 Å². The van der Waals surface area contributed by atoms with Gasteiger partial charge in [-0.2, -0.15) is 0 Å². The van der Waals surface area contributed by atoms with E-state index < -0.39 is 0 Å². The van der Waals surface area contributed by atoms with E-state index in [0.29, 0.717) is 31.9 Å². The van der Waals surface area contributed by atoms with Gasteiger partial charge < -0.3 is 14.7 Å². The van der Waals surface area contributed by atoms with Crippen molar-refractivity contribution in [2.75, 3.05) is 13.2 Å². The lowest BCUT2D eigenvalue weighted by Gasteiger charge is -2.40. The number of phenolic OH excluding ortho intramolecular Hbond substituents is 1. The zero-order valence-electron chi connectivity index (χ0n) is 19.0. The van der Waals surface area contributed by atoms with Gasteiger partial charge in [-0.15, -0.1) is 0 Å². The highest BCUT2D eigenvalue weighted by Crippen LogP contribution is 2.31. The summed E-state index contributed by atoms with van der Waals surface area (Å²) in [5.74, 6) is 0.829. The summed E-state index contributed by atoms with van der Waals surface area (Å²) in [4.78, 5) is 18.1. The Morgan fingerprint density at radius 1 is 0.970 bits per heavy atom. The maximum absolute atomic E-state index is 13.8. The molecule has 0 aliphatic carbocycles. The Hall–Kier alpha value is -3.31. The second-order valence-electron chi connectivity index (χ2n) is 8.91. The first kappa shape index (κ1) is 21.5. The second kappa shape index (κ2) is 9.28. The Kier molecular flexibility index (Phi) is 6.05. The molecule has 3 aromatic rings. The summed E-state index contributed by atoms with van der Waals surface area (Å²) in [6.45, 7) is 5.17. The fraction of sp³-hybridized carbons (Fsp3) is 0.321. The van der Waals surface area contributed by atoms with Crippen LogP contribution in [0.25, 0.3) is 0 Å². The van der Waals surface area contributed by atoms with Crippen LogP contribution >= 0.6 is 0 Å². The molecule has 1 atom stereocenters. The lowest BCUT2D eigenvalue weighted by atomic mass is 9.91. The number of benzene rings is 3. The van der Waals surface area contributed by atoms with Gasteiger partial charge in [-0.25, -0.2) is 0 Å². The molecule has 1 N–H and O–H groups in total. The summed E-state index contributed by atoms with van der Waals surface area (Å²) in [5, 5.41) is 10.1. The monoisotopic (exact) mass is 442 g/mol. The summed E-state index contributed by atoms with van der Waals surface area (Å²) >= 11 is 0. The Balaban J connectivity index is 1.41. The van der Waals surface area contributed by atoms with Gasteiger partial charge in [-0.1, -0.05) is 54.6 Å². The van der Waals surface area contributed by atoms with E-state index in [9.17, 15) is 9.90 Å². The molecule has 2 aliphatic heterocycles. The number of rotatable bonds is 5. The maximum atomic E-state index is 13.8. The molecule has 0 radical (unpaired) electrons. The predicted octanol–water partition coefficient (Wildman–Crippen LogP) is 4.30. The highest BCUT2D eigenvalue weighted by molar-refractivity contribution is 5.83. The van der Waals surface area contributed by atoms with Crippen LogP contribution < -0.4 is 4.74 Å². The number of aromatic hydroxyl groups is 1.